The van der Waals surface area contributed by atoms with E-state index in [1.807, 2.05) is 0 Å². The van der Waals surface area contributed by atoms with Gasteiger partial charge in [0.25, 0.3) is 11.8 Å². The molecule has 2 fully saturated rings. The largest absolute Gasteiger partial charge is 0.510 e. The van der Waals surface area contributed by atoms with E-state index in [1.165, 1.54) is 17.0 Å². The summed E-state index contributed by atoms with van der Waals surface area (Å²) in [6, 6.07) is 3.02. The van der Waals surface area contributed by atoms with Crippen molar-refractivity contribution in [2.24, 2.45) is 0 Å². The fourth-order valence-corrected chi connectivity index (χ4v) is 4.04. The Hall–Kier alpha value is -3.05. The molecule has 1 unspecified atom stereocenters. The summed E-state index contributed by atoms with van der Waals surface area (Å²) in [5.74, 6) is -2.13. The van der Waals surface area contributed by atoms with Gasteiger partial charge in [-0.25, -0.2) is 14.1 Å². The predicted octanol–water partition coefficient (Wildman–Crippen LogP) is 0.742. The van der Waals surface area contributed by atoms with Crippen molar-refractivity contribution < 1.29 is 37.8 Å². The summed E-state index contributed by atoms with van der Waals surface area (Å²) < 4.78 is 28.7. The molecule has 10 nitrogen and oxygen atoms in total. The molecule has 4 rings (SSSR count). The summed E-state index contributed by atoms with van der Waals surface area (Å²) >= 11 is 0. The van der Waals surface area contributed by atoms with Gasteiger partial charge in [0, 0.05) is 38.2 Å². The summed E-state index contributed by atoms with van der Waals surface area (Å²) in [6.45, 7) is 2.96. The molecule has 1 aromatic carbocycles. The first-order valence-corrected chi connectivity index (χ1v) is 10.5. The average molecular weight is 449 g/mol. The molecule has 0 radical (unpaired) electrons. The highest BCUT2D eigenvalue weighted by Crippen LogP contribution is 2.29. The maximum atomic E-state index is 13.5. The molecule has 3 heterocycles. The molecule has 1 atom stereocenters. The van der Waals surface area contributed by atoms with Gasteiger partial charge in [-0.05, 0) is 24.1 Å². The minimum atomic E-state index is -0.985. The minimum absolute atomic E-state index is 0.0142. The van der Waals surface area contributed by atoms with Crippen LogP contribution in [0.4, 0.5) is 9.18 Å². The Morgan fingerprint density at radius 1 is 1.16 bits per heavy atom. The van der Waals surface area contributed by atoms with Gasteiger partial charge in [-0.3, -0.25) is 19.3 Å². The van der Waals surface area contributed by atoms with Crippen molar-refractivity contribution in [2.45, 2.75) is 25.4 Å². The fourth-order valence-electron chi connectivity index (χ4n) is 4.04. The normalized spacial score (nSPS) is 21.7. The van der Waals surface area contributed by atoms with Crippen LogP contribution in [-0.4, -0.2) is 90.8 Å². The second-order valence-corrected chi connectivity index (χ2v) is 7.77. The highest BCUT2D eigenvalue weighted by Gasteiger charge is 2.43. The van der Waals surface area contributed by atoms with E-state index in [4.69, 9.17) is 14.2 Å². The molecule has 3 aliphatic rings. The Kier molecular flexibility index (Phi) is 6.66. The van der Waals surface area contributed by atoms with Crippen LogP contribution in [0, 0.1) is 5.82 Å². The number of amides is 3. The van der Waals surface area contributed by atoms with Gasteiger partial charge in [-0.1, -0.05) is 6.07 Å². The van der Waals surface area contributed by atoms with E-state index in [9.17, 15) is 23.6 Å². The number of imide groups is 1. The van der Waals surface area contributed by atoms with Crippen LogP contribution in [0.1, 0.15) is 28.8 Å². The Balaban J connectivity index is 1.29. The number of carbonyl (C=O) groups excluding carboxylic acids is 4. The molecular formula is C21H24FN3O7. The van der Waals surface area contributed by atoms with Crippen molar-refractivity contribution >= 4 is 23.9 Å². The Labute approximate surface area is 183 Å². The number of likely N-dealkylation sites (tertiary alicyclic amines) is 1. The van der Waals surface area contributed by atoms with Crippen molar-refractivity contribution in [1.82, 2.24) is 14.7 Å². The van der Waals surface area contributed by atoms with E-state index in [0.717, 1.165) is 24.1 Å². The van der Waals surface area contributed by atoms with Crippen LogP contribution < -0.4 is 0 Å². The van der Waals surface area contributed by atoms with E-state index in [-0.39, 0.29) is 31.6 Å². The quantitative estimate of drug-likeness (QED) is 0.463. The zero-order valence-corrected chi connectivity index (χ0v) is 17.5. The zero-order chi connectivity index (χ0) is 22.7. The lowest BCUT2D eigenvalue weighted by atomic mass is 10.0. The molecule has 0 N–H and O–H groups in total. The SMILES string of the molecule is O=C(OCCN1CCOCC1)OCN1C(=O)CCC(N2Cc3ccc(F)cc3C2=O)C1=O. The predicted molar refractivity (Wildman–Crippen MR) is 106 cm³/mol. The van der Waals surface area contributed by atoms with Gasteiger partial charge >= 0.3 is 6.16 Å². The molecule has 32 heavy (non-hydrogen) atoms. The molecule has 1 aromatic rings. The number of carbonyl (C=O) groups is 4. The average Bonchev–Trinajstić information content (AvgIpc) is 3.10. The lowest BCUT2D eigenvalue weighted by Gasteiger charge is -2.34. The molecule has 0 bridgehead atoms. The topological polar surface area (TPSA) is 106 Å². The highest BCUT2D eigenvalue weighted by atomic mass is 19.1. The lowest BCUT2D eigenvalue weighted by Crippen LogP contribution is -2.55. The smallest absolute Gasteiger partial charge is 0.433 e. The molecule has 0 saturated carbocycles. The summed E-state index contributed by atoms with van der Waals surface area (Å²) in [4.78, 5) is 53.9. The number of fused-ring (bicyclic) bond motifs is 1. The van der Waals surface area contributed by atoms with E-state index < -0.39 is 42.5 Å². The van der Waals surface area contributed by atoms with E-state index in [2.05, 4.69) is 4.90 Å². The molecule has 11 heteroatoms. The number of rotatable bonds is 6. The molecule has 3 amide bonds. The molecule has 2 saturated heterocycles. The van der Waals surface area contributed by atoms with Crippen LogP contribution in [0.2, 0.25) is 0 Å². The molecule has 0 aliphatic carbocycles. The van der Waals surface area contributed by atoms with Gasteiger partial charge in [0.05, 0.1) is 13.2 Å². The third kappa shape index (κ3) is 4.73. The van der Waals surface area contributed by atoms with E-state index in [0.29, 0.717) is 25.3 Å². The van der Waals surface area contributed by atoms with Gasteiger partial charge in [-0.2, -0.15) is 0 Å². The lowest BCUT2D eigenvalue weighted by molar-refractivity contribution is -0.157. The van der Waals surface area contributed by atoms with Crippen LogP contribution >= 0.6 is 0 Å². The van der Waals surface area contributed by atoms with Gasteiger partial charge in [-0.15, -0.1) is 0 Å². The molecule has 172 valence electrons. The first-order valence-electron chi connectivity index (χ1n) is 10.5. The van der Waals surface area contributed by atoms with Crippen LogP contribution in [-0.2, 0) is 30.3 Å². The third-order valence-corrected chi connectivity index (χ3v) is 5.81. The first kappa shape index (κ1) is 22.2. The van der Waals surface area contributed by atoms with Gasteiger partial charge < -0.3 is 19.1 Å². The summed E-state index contributed by atoms with van der Waals surface area (Å²) in [5, 5.41) is 0. The van der Waals surface area contributed by atoms with Crippen molar-refractivity contribution in [2.75, 3.05) is 46.2 Å². The number of benzene rings is 1. The summed E-state index contributed by atoms with van der Waals surface area (Å²) in [6.07, 6.45) is -0.818. The Bertz CT molecular complexity index is 919. The fraction of sp³-hybridized carbons (Fsp3) is 0.524. The third-order valence-electron chi connectivity index (χ3n) is 5.81. The molecule has 3 aliphatic heterocycles. The summed E-state index contributed by atoms with van der Waals surface area (Å²) in [5.41, 5.74) is 0.828. The number of nitrogens with zero attached hydrogens (tertiary/aromatic N) is 3. The van der Waals surface area contributed by atoms with Crippen molar-refractivity contribution in [3.05, 3.63) is 35.1 Å². The second kappa shape index (κ2) is 9.61. The first-order chi connectivity index (χ1) is 15.4. The van der Waals surface area contributed by atoms with Crippen molar-refractivity contribution in [3.8, 4) is 0 Å². The number of piperidine rings is 1. The van der Waals surface area contributed by atoms with Crippen molar-refractivity contribution in [3.63, 3.8) is 0 Å². The molecule has 0 aromatic heterocycles. The van der Waals surface area contributed by atoms with E-state index >= 15 is 0 Å². The van der Waals surface area contributed by atoms with Crippen LogP contribution in [0.15, 0.2) is 18.2 Å². The molecular weight excluding hydrogens is 425 g/mol. The number of morpholine rings is 1. The van der Waals surface area contributed by atoms with E-state index in [1.54, 1.807) is 0 Å². The maximum Gasteiger partial charge on any atom is 0.510 e. The zero-order valence-electron chi connectivity index (χ0n) is 17.5. The second-order valence-electron chi connectivity index (χ2n) is 7.77. The number of ether oxygens (including phenoxy) is 3. The number of halogens is 1. The van der Waals surface area contributed by atoms with Crippen molar-refractivity contribution in [1.29, 1.82) is 0 Å². The minimum Gasteiger partial charge on any atom is -0.433 e. The summed E-state index contributed by atoms with van der Waals surface area (Å²) in [7, 11) is 0. The maximum absolute atomic E-state index is 13.5. The number of hydrogen-bond acceptors (Lipinski definition) is 8. The Morgan fingerprint density at radius 3 is 2.72 bits per heavy atom. The van der Waals surface area contributed by atoms with Crippen LogP contribution in [0.5, 0.6) is 0 Å². The number of hydrogen-bond donors (Lipinski definition) is 0. The van der Waals surface area contributed by atoms with Gasteiger partial charge in [0.1, 0.15) is 18.5 Å². The van der Waals surface area contributed by atoms with Gasteiger partial charge in [0.2, 0.25) is 5.91 Å². The molecule has 0 spiro atoms. The highest BCUT2D eigenvalue weighted by molar-refractivity contribution is 6.05. The van der Waals surface area contributed by atoms with Crippen LogP contribution in [0.25, 0.3) is 0 Å². The standard InChI is InChI=1S/C21H24FN3O7/c22-15-2-1-14-12-24(19(27)16(14)11-15)17-3-4-18(26)25(20(17)28)13-32-21(29)31-10-7-23-5-8-30-9-6-23/h1-2,11,17H,3-10,12-13H2. The monoisotopic (exact) mass is 449 g/mol. The van der Waals surface area contributed by atoms with Crippen LogP contribution in [0.3, 0.4) is 0 Å². The Morgan fingerprint density at radius 2 is 1.94 bits per heavy atom. The van der Waals surface area contributed by atoms with Gasteiger partial charge in [0.15, 0.2) is 6.73 Å².